The van der Waals surface area contributed by atoms with Gasteiger partial charge in [0.15, 0.2) is 5.65 Å². The Kier molecular flexibility index (Phi) is 5.07. The van der Waals surface area contributed by atoms with Crippen molar-refractivity contribution < 1.29 is 9.53 Å². The second-order valence-corrected chi connectivity index (χ2v) is 5.69. The molecule has 0 radical (unpaired) electrons. The highest BCUT2D eigenvalue weighted by atomic mass is 16.5. The van der Waals surface area contributed by atoms with Crippen LogP contribution in [0.4, 0.5) is 0 Å². The Morgan fingerprint density at radius 1 is 1.35 bits per heavy atom. The van der Waals surface area contributed by atoms with Crippen LogP contribution in [0, 0.1) is 0 Å². The van der Waals surface area contributed by atoms with Gasteiger partial charge in [-0.3, -0.25) is 4.79 Å². The summed E-state index contributed by atoms with van der Waals surface area (Å²) < 4.78 is 6.92. The summed E-state index contributed by atoms with van der Waals surface area (Å²) in [5.41, 5.74) is 1.02. The molecule has 0 spiro atoms. The van der Waals surface area contributed by atoms with Gasteiger partial charge < -0.3 is 15.0 Å². The summed E-state index contributed by atoms with van der Waals surface area (Å²) in [6.45, 7) is 6.55. The number of imidazole rings is 1. The quantitative estimate of drug-likeness (QED) is 0.780. The van der Waals surface area contributed by atoms with E-state index in [9.17, 15) is 4.79 Å². The number of carbonyl (C=O) groups excluding carboxylic acids is 1. The largest absolute Gasteiger partial charge is 0.477 e. The molecule has 7 nitrogen and oxygen atoms in total. The molecule has 0 bridgehead atoms. The summed E-state index contributed by atoms with van der Waals surface area (Å²) in [5.74, 6) is 0.366. The van der Waals surface area contributed by atoms with E-state index in [-0.39, 0.29) is 5.91 Å². The van der Waals surface area contributed by atoms with Gasteiger partial charge in [0.2, 0.25) is 5.88 Å². The molecule has 124 valence electrons. The first-order chi connectivity index (χ1) is 11.3. The number of aromatic nitrogens is 3. The number of nitrogens with one attached hydrogen (secondary N) is 1. The molecule has 23 heavy (non-hydrogen) atoms. The lowest BCUT2D eigenvalue weighted by molar-refractivity contribution is 0.0947. The lowest BCUT2D eigenvalue weighted by atomic mass is 10.3. The van der Waals surface area contributed by atoms with Crippen molar-refractivity contribution in [3.05, 3.63) is 24.0 Å². The molecular weight excluding hydrogens is 294 g/mol. The van der Waals surface area contributed by atoms with Gasteiger partial charge in [-0.05, 0) is 51.9 Å². The van der Waals surface area contributed by atoms with Crippen molar-refractivity contribution in [2.24, 2.45) is 0 Å². The number of hydrogen-bond donors (Lipinski definition) is 1. The van der Waals surface area contributed by atoms with Gasteiger partial charge in [0.05, 0.1) is 12.8 Å². The number of fused-ring (bicyclic) bond motifs is 1. The molecule has 1 N–H and O–H groups in total. The van der Waals surface area contributed by atoms with Crippen LogP contribution in [-0.4, -0.2) is 58.2 Å². The van der Waals surface area contributed by atoms with Gasteiger partial charge >= 0.3 is 0 Å². The maximum Gasteiger partial charge on any atom is 0.271 e. The lowest BCUT2D eigenvalue weighted by Crippen LogP contribution is -2.28. The molecule has 0 unspecified atom stereocenters. The van der Waals surface area contributed by atoms with Crippen molar-refractivity contribution in [2.45, 2.75) is 26.2 Å². The predicted octanol–water partition coefficient (Wildman–Crippen LogP) is 1.34. The van der Waals surface area contributed by atoms with Crippen molar-refractivity contribution in [3.8, 4) is 5.88 Å². The number of rotatable bonds is 7. The summed E-state index contributed by atoms with van der Waals surface area (Å²) in [6.07, 6.45) is 5.19. The van der Waals surface area contributed by atoms with Crippen molar-refractivity contribution in [1.82, 2.24) is 24.8 Å². The first kappa shape index (κ1) is 15.7. The smallest absolute Gasteiger partial charge is 0.271 e. The van der Waals surface area contributed by atoms with Gasteiger partial charge in [0.25, 0.3) is 5.91 Å². The Labute approximate surface area is 135 Å². The molecule has 0 aliphatic carbocycles. The third-order valence-electron chi connectivity index (χ3n) is 3.96. The van der Waals surface area contributed by atoms with Crippen LogP contribution in [0.2, 0.25) is 0 Å². The molecule has 0 aromatic carbocycles. The molecule has 3 rings (SSSR count). The summed E-state index contributed by atoms with van der Waals surface area (Å²) in [6, 6.07) is 3.55. The van der Waals surface area contributed by atoms with Crippen molar-refractivity contribution in [3.63, 3.8) is 0 Å². The minimum Gasteiger partial charge on any atom is -0.477 e. The molecule has 7 heteroatoms. The van der Waals surface area contributed by atoms with E-state index in [1.165, 1.54) is 25.9 Å². The van der Waals surface area contributed by atoms with Crippen molar-refractivity contribution in [2.75, 3.05) is 32.8 Å². The second kappa shape index (κ2) is 7.41. The van der Waals surface area contributed by atoms with E-state index < -0.39 is 0 Å². The monoisotopic (exact) mass is 317 g/mol. The fourth-order valence-electron chi connectivity index (χ4n) is 2.80. The topological polar surface area (TPSA) is 71.8 Å². The second-order valence-electron chi connectivity index (χ2n) is 5.69. The maximum absolute atomic E-state index is 12.2. The molecule has 1 amide bonds. The van der Waals surface area contributed by atoms with Crippen LogP contribution in [0.3, 0.4) is 0 Å². The van der Waals surface area contributed by atoms with Crippen LogP contribution in [0.1, 0.15) is 36.7 Å². The van der Waals surface area contributed by atoms with Gasteiger partial charge in [0.1, 0.15) is 5.69 Å². The molecular formula is C16H23N5O2. The van der Waals surface area contributed by atoms with E-state index in [2.05, 4.69) is 20.3 Å². The molecule has 3 heterocycles. The lowest BCUT2D eigenvalue weighted by Gasteiger charge is -2.13. The Bertz CT molecular complexity index is 664. The highest BCUT2D eigenvalue weighted by molar-refractivity contribution is 5.92. The number of amides is 1. The summed E-state index contributed by atoms with van der Waals surface area (Å²) in [7, 11) is 0. The normalized spacial score (nSPS) is 15.2. The molecule has 0 atom stereocenters. The summed E-state index contributed by atoms with van der Waals surface area (Å²) >= 11 is 0. The van der Waals surface area contributed by atoms with E-state index in [1.807, 2.05) is 6.92 Å². The van der Waals surface area contributed by atoms with Crippen molar-refractivity contribution in [1.29, 1.82) is 0 Å². The minimum atomic E-state index is -0.158. The first-order valence-electron chi connectivity index (χ1n) is 8.26. The molecule has 2 aromatic rings. The number of carbonyl (C=O) groups is 1. The van der Waals surface area contributed by atoms with E-state index >= 15 is 0 Å². The Morgan fingerprint density at radius 3 is 2.96 bits per heavy atom. The average molecular weight is 317 g/mol. The van der Waals surface area contributed by atoms with Gasteiger partial charge in [-0.25, -0.2) is 9.50 Å². The fraction of sp³-hybridized carbons (Fsp3) is 0.562. The standard InChI is InChI=1S/C16H23N5O2/c1-2-23-15-7-6-14-18-13(12-21(14)19-15)16(22)17-8-5-11-20-9-3-4-10-20/h6-7,12H,2-5,8-11H2,1H3,(H,17,22). The van der Waals surface area contributed by atoms with Crippen LogP contribution in [0.25, 0.3) is 5.65 Å². The third kappa shape index (κ3) is 3.98. The van der Waals surface area contributed by atoms with Crippen LogP contribution in [0.5, 0.6) is 5.88 Å². The Hall–Kier alpha value is -2.15. The van der Waals surface area contributed by atoms with Crippen LogP contribution in [0.15, 0.2) is 18.3 Å². The average Bonchev–Trinajstić information content (AvgIpc) is 3.20. The number of nitrogens with zero attached hydrogens (tertiary/aromatic N) is 4. The van der Waals surface area contributed by atoms with Crippen LogP contribution < -0.4 is 10.1 Å². The van der Waals surface area contributed by atoms with E-state index in [4.69, 9.17) is 4.74 Å². The van der Waals surface area contributed by atoms with Crippen LogP contribution >= 0.6 is 0 Å². The molecule has 2 aromatic heterocycles. The molecule has 1 saturated heterocycles. The third-order valence-corrected chi connectivity index (χ3v) is 3.96. The van der Waals surface area contributed by atoms with E-state index in [0.717, 1.165) is 13.0 Å². The zero-order chi connectivity index (χ0) is 16.1. The minimum absolute atomic E-state index is 0.158. The number of likely N-dealkylation sites (tertiary alicyclic amines) is 1. The SMILES string of the molecule is CCOc1ccc2nc(C(=O)NCCCN3CCCC3)cn2n1. The van der Waals surface area contributed by atoms with E-state index in [0.29, 0.717) is 30.4 Å². The summed E-state index contributed by atoms with van der Waals surface area (Å²) in [5, 5.41) is 7.19. The van der Waals surface area contributed by atoms with Gasteiger partial charge in [-0.2, -0.15) is 0 Å². The van der Waals surface area contributed by atoms with Crippen LogP contribution in [-0.2, 0) is 0 Å². The molecule has 1 aliphatic heterocycles. The Balaban J connectivity index is 1.53. The maximum atomic E-state index is 12.2. The molecule has 1 aliphatic rings. The van der Waals surface area contributed by atoms with Gasteiger partial charge in [-0.1, -0.05) is 0 Å². The number of ether oxygens (including phenoxy) is 1. The zero-order valence-corrected chi connectivity index (χ0v) is 13.5. The van der Waals surface area contributed by atoms with E-state index in [1.54, 1.807) is 22.8 Å². The Morgan fingerprint density at radius 2 is 2.17 bits per heavy atom. The molecule has 1 fully saturated rings. The summed E-state index contributed by atoms with van der Waals surface area (Å²) in [4.78, 5) is 18.9. The first-order valence-corrected chi connectivity index (χ1v) is 8.26. The highest BCUT2D eigenvalue weighted by Gasteiger charge is 2.13. The highest BCUT2D eigenvalue weighted by Crippen LogP contribution is 2.10. The van der Waals surface area contributed by atoms with Gasteiger partial charge in [0, 0.05) is 12.6 Å². The number of hydrogen-bond acceptors (Lipinski definition) is 5. The zero-order valence-electron chi connectivity index (χ0n) is 13.5. The van der Waals surface area contributed by atoms with Gasteiger partial charge in [-0.15, -0.1) is 5.10 Å². The predicted molar refractivity (Wildman–Crippen MR) is 86.8 cm³/mol. The van der Waals surface area contributed by atoms with Crippen molar-refractivity contribution >= 4 is 11.6 Å². The fourth-order valence-corrected chi connectivity index (χ4v) is 2.80. The molecule has 0 saturated carbocycles.